The highest BCUT2D eigenvalue weighted by atomic mass is 16.5. The lowest BCUT2D eigenvalue weighted by atomic mass is 10.1. The molecule has 0 aromatic heterocycles. The van der Waals surface area contributed by atoms with E-state index in [1.54, 1.807) is 0 Å². The van der Waals surface area contributed by atoms with Crippen LogP contribution in [0.1, 0.15) is 23.4 Å². The summed E-state index contributed by atoms with van der Waals surface area (Å²) in [6.45, 7) is 0.726. The molecule has 1 fully saturated rings. The molecule has 1 unspecified atom stereocenters. The van der Waals surface area contributed by atoms with Crippen LogP contribution in [0, 0.1) is 0 Å². The molecule has 0 radical (unpaired) electrons. The van der Waals surface area contributed by atoms with Crippen LogP contribution in [0.25, 0.3) is 0 Å². The minimum atomic E-state index is 0.0152. The van der Waals surface area contributed by atoms with E-state index >= 15 is 0 Å². The highest BCUT2D eigenvalue weighted by molar-refractivity contribution is 5.23. The van der Waals surface area contributed by atoms with Crippen molar-refractivity contribution in [2.45, 2.75) is 12.3 Å². The lowest BCUT2D eigenvalue weighted by molar-refractivity contribution is 0.101. The molecule has 86 valence electrons. The molecule has 0 spiro atoms. The van der Waals surface area contributed by atoms with Crippen LogP contribution in [0.2, 0.25) is 0 Å². The van der Waals surface area contributed by atoms with Crippen molar-refractivity contribution in [3.05, 3.63) is 71.8 Å². The minimum absolute atomic E-state index is 0.0152. The van der Waals surface area contributed by atoms with Crippen LogP contribution in [0.5, 0.6) is 0 Å². The van der Waals surface area contributed by atoms with Crippen LogP contribution >= 0.6 is 0 Å². The van der Waals surface area contributed by atoms with Gasteiger partial charge in [0.25, 0.3) is 0 Å². The van der Waals surface area contributed by atoms with Gasteiger partial charge in [0.15, 0.2) is 0 Å². The minimum Gasteiger partial charge on any atom is -0.357 e. The Hall–Kier alpha value is -1.64. The van der Waals surface area contributed by atoms with Crippen LogP contribution in [0.15, 0.2) is 60.7 Å². The highest BCUT2D eigenvalue weighted by Crippen LogP contribution is 2.27. The number of hydrogen-bond acceptors (Lipinski definition) is 2. The van der Waals surface area contributed by atoms with Gasteiger partial charge in [-0.15, -0.1) is 0 Å². The van der Waals surface area contributed by atoms with Crippen LogP contribution in [-0.2, 0) is 4.74 Å². The average molecular weight is 225 g/mol. The molecule has 1 aliphatic heterocycles. The van der Waals surface area contributed by atoms with Crippen molar-refractivity contribution >= 4 is 0 Å². The Balaban J connectivity index is 1.75. The number of nitrogens with one attached hydrogen (secondary N) is 1. The van der Waals surface area contributed by atoms with Gasteiger partial charge in [0.05, 0.1) is 12.6 Å². The number of hydrogen-bond donors (Lipinski definition) is 1. The second kappa shape index (κ2) is 4.70. The first-order valence-corrected chi connectivity index (χ1v) is 5.91. The zero-order valence-corrected chi connectivity index (χ0v) is 9.54. The molecule has 3 rings (SSSR count). The summed E-state index contributed by atoms with van der Waals surface area (Å²) in [7, 11) is 0. The third kappa shape index (κ3) is 2.23. The third-order valence-electron chi connectivity index (χ3n) is 3.09. The summed E-state index contributed by atoms with van der Waals surface area (Å²) < 4.78 is 5.79. The van der Waals surface area contributed by atoms with Crippen LogP contribution in [-0.4, -0.2) is 6.61 Å². The number of benzene rings is 2. The quantitative estimate of drug-likeness (QED) is 0.848. The zero-order chi connectivity index (χ0) is 11.5. The van der Waals surface area contributed by atoms with E-state index in [2.05, 4.69) is 41.7 Å². The Morgan fingerprint density at radius 3 is 2.06 bits per heavy atom. The fraction of sp³-hybridized carbons (Fsp3) is 0.200. The molecule has 1 N–H and O–H groups in total. The lowest BCUT2D eigenvalue weighted by Crippen LogP contribution is -2.18. The SMILES string of the molecule is c1ccc(C2N[C@H](c3ccccc3)CO2)cc1. The Bertz CT molecular complexity index is 423. The van der Waals surface area contributed by atoms with E-state index in [-0.39, 0.29) is 6.23 Å². The maximum atomic E-state index is 5.79. The molecule has 0 bridgehead atoms. The van der Waals surface area contributed by atoms with Gasteiger partial charge in [-0.3, -0.25) is 5.32 Å². The molecule has 1 heterocycles. The molecule has 2 nitrogen and oxygen atoms in total. The van der Waals surface area contributed by atoms with E-state index in [1.165, 1.54) is 11.1 Å². The predicted octanol–water partition coefficient (Wildman–Crippen LogP) is 3.05. The molecule has 0 aliphatic carbocycles. The summed E-state index contributed by atoms with van der Waals surface area (Å²) in [4.78, 5) is 0. The Kier molecular flexibility index (Phi) is 2.90. The summed E-state index contributed by atoms with van der Waals surface area (Å²) in [5, 5.41) is 3.50. The van der Waals surface area contributed by atoms with Gasteiger partial charge in [0, 0.05) is 0 Å². The van der Waals surface area contributed by atoms with Gasteiger partial charge < -0.3 is 4.74 Å². The molecule has 17 heavy (non-hydrogen) atoms. The van der Waals surface area contributed by atoms with Crippen LogP contribution in [0.3, 0.4) is 0 Å². The maximum absolute atomic E-state index is 5.79. The lowest BCUT2D eigenvalue weighted by Gasteiger charge is -2.12. The Morgan fingerprint density at radius 1 is 0.824 bits per heavy atom. The molecule has 0 saturated carbocycles. The van der Waals surface area contributed by atoms with Crippen LogP contribution < -0.4 is 5.32 Å². The molecule has 1 aliphatic rings. The van der Waals surface area contributed by atoms with Crippen molar-refractivity contribution in [1.82, 2.24) is 5.32 Å². The van der Waals surface area contributed by atoms with Crippen molar-refractivity contribution < 1.29 is 4.74 Å². The largest absolute Gasteiger partial charge is 0.357 e. The Labute approximate surface area is 101 Å². The van der Waals surface area contributed by atoms with Crippen molar-refractivity contribution in [2.75, 3.05) is 6.61 Å². The monoisotopic (exact) mass is 225 g/mol. The van der Waals surface area contributed by atoms with Gasteiger partial charge in [-0.25, -0.2) is 0 Å². The molecular formula is C15H15NO. The molecule has 2 aromatic rings. The van der Waals surface area contributed by atoms with Gasteiger partial charge >= 0.3 is 0 Å². The van der Waals surface area contributed by atoms with Gasteiger partial charge in [-0.05, 0) is 11.1 Å². The molecule has 2 atom stereocenters. The van der Waals surface area contributed by atoms with Gasteiger partial charge in [-0.2, -0.15) is 0 Å². The van der Waals surface area contributed by atoms with E-state index in [4.69, 9.17) is 4.74 Å². The van der Waals surface area contributed by atoms with E-state index in [0.29, 0.717) is 6.04 Å². The van der Waals surface area contributed by atoms with Gasteiger partial charge in [-0.1, -0.05) is 60.7 Å². The second-order valence-electron chi connectivity index (χ2n) is 4.25. The van der Waals surface area contributed by atoms with Gasteiger partial charge in [0.1, 0.15) is 6.23 Å². The average Bonchev–Trinajstić information content (AvgIpc) is 2.90. The fourth-order valence-electron chi connectivity index (χ4n) is 2.17. The zero-order valence-electron chi connectivity index (χ0n) is 9.54. The van der Waals surface area contributed by atoms with E-state index < -0.39 is 0 Å². The van der Waals surface area contributed by atoms with E-state index in [0.717, 1.165) is 6.61 Å². The molecule has 2 aromatic carbocycles. The van der Waals surface area contributed by atoms with Crippen molar-refractivity contribution in [3.8, 4) is 0 Å². The summed E-state index contributed by atoms with van der Waals surface area (Å²) in [5.74, 6) is 0. The molecule has 2 heteroatoms. The first-order chi connectivity index (χ1) is 8.43. The Morgan fingerprint density at radius 2 is 1.41 bits per heavy atom. The molecular weight excluding hydrogens is 210 g/mol. The smallest absolute Gasteiger partial charge is 0.134 e. The normalized spacial score (nSPS) is 23.8. The fourth-order valence-corrected chi connectivity index (χ4v) is 2.17. The third-order valence-corrected chi connectivity index (χ3v) is 3.09. The number of rotatable bonds is 2. The summed E-state index contributed by atoms with van der Waals surface area (Å²) in [6, 6.07) is 21.0. The van der Waals surface area contributed by atoms with E-state index in [1.807, 2.05) is 24.3 Å². The first kappa shape index (κ1) is 10.5. The topological polar surface area (TPSA) is 21.3 Å². The van der Waals surface area contributed by atoms with Gasteiger partial charge in [0.2, 0.25) is 0 Å². The van der Waals surface area contributed by atoms with Crippen molar-refractivity contribution in [1.29, 1.82) is 0 Å². The molecule has 1 saturated heterocycles. The molecule has 0 amide bonds. The van der Waals surface area contributed by atoms with Crippen molar-refractivity contribution in [2.24, 2.45) is 0 Å². The summed E-state index contributed by atoms with van der Waals surface area (Å²) in [6.07, 6.45) is 0.0152. The van der Waals surface area contributed by atoms with Crippen molar-refractivity contribution in [3.63, 3.8) is 0 Å². The summed E-state index contributed by atoms with van der Waals surface area (Å²) in [5.41, 5.74) is 2.47. The maximum Gasteiger partial charge on any atom is 0.134 e. The van der Waals surface area contributed by atoms with E-state index in [9.17, 15) is 0 Å². The standard InChI is InChI=1S/C15H15NO/c1-3-7-12(8-4-1)14-11-17-15(16-14)13-9-5-2-6-10-13/h1-10,14-16H,11H2/t14-,15?/m0/s1. The second-order valence-corrected chi connectivity index (χ2v) is 4.25. The predicted molar refractivity (Wildman–Crippen MR) is 67.5 cm³/mol. The summed E-state index contributed by atoms with van der Waals surface area (Å²) >= 11 is 0. The first-order valence-electron chi connectivity index (χ1n) is 5.91. The number of ether oxygens (including phenoxy) is 1. The van der Waals surface area contributed by atoms with Crippen LogP contribution in [0.4, 0.5) is 0 Å². The highest BCUT2D eigenvalue weighted by Gasteiger charge is 2.26.